The van der Waals surface area contributed by atoms with Crippen molar-refractivity contribution < 1.29 is 15.0 Å². The van der Waals surface area contributed by atoms with Gasteiger partial charge in [0.15, 0.2) is 0 Å². The predicted octanol–water partition coefficient (Wildman–Crippen LogP) is -1.50. The first kappa shape index (κ1) is 10.3. The Balaban J connectivity index is 4.38. The van der Waals surface area contributed by atoms with E-state index in [9.17, 15) is 4.79 Å². The summed E-state index contributed by atoms with van der Waals surface area (Å²) in [4.78, 5) is 10.5. The SMILES string of the molecule is CC(O)C(N)(CCN)C(=O)O. The van der Waals surface area contributed by atoms with Crippen LogP contribution in [0, 0.1) is 0 Å². The molecule has 0 fully saturated rings. The smallest absolute Gasteiger partial charge is 0.326 e. The highest BCUT2D eigenvalue weighted by atomic mass is 16.4. The number of aliphatic carboxylic acids is 1. The molecule has 0 saturated heterocycles. The van der Waals surface area contributed by atoms with E-state index in [4.69, 9.17) is 21.7 Å². The van der Waals surface area contributed by atoms with Crippen molar-refractivity contribution in [2.75, 3.05) is 6.54 Å². The normalized spacial score (nSPS) is 18.9. The van der Waals surface area contributed by atoms with Gasteiger partial charge >= 0.3 is 5.97 Å². The lowest BCUT2D eigenvalue weighted by atomic mass is 9.91. The summed E-state index contributed by atoms with van der Waals surface area (Å²) in [6, 6.07) is 0. The number of hydrogen-bond donors (Lipinski definition) is 4. The second-order valence-electron chi connectivity index (χ2n) is 2.56. The van der Waals surface area contributed by atoms with E-state index in [1.165, 1.54) is 6.92 Å². The Labute approximate surface area is 65.0 Å². The Bertz CT molecular complexity index is 149. The Hall–Kier alpha value is -0.650. The molecule has 5 nitrogen and oxygen atoms in total. The summed E-state index contributed by atoms with van der Waals surface area (Å²) in [5, 5.41) is 17.6. The molecule has 2 unspecified atom stereocenters. The molecule has 0 heterocycles. The molecule has 0 saturated carbocycles. The highest BCUT2D eigenvalue weighted by Gasteiger charge is 2.38. The van der Waals surface area contributed by atoms with E-state index in [1.807, 2.05) is 0 Å². The maximum absolute atomic E-state index is 10.5. The predicted molar refractivity (Wildman–Crippen MR) is 39.9 cm³/mol. The fourth-order valence-electron chi connectivity index (χ4n) is 0.733. The van der Waals surface area contributed by atoms with Gasteiger partial charge in [0.05, 0.1) is 6.10 Å². The average molecular weight is 162 g/mol. The van der Waals surface area contributed by atoms with E-state index in [-0.39, 0.29) is 13.0 Å². The summed E-state index contributed by atoms with van der Waals surface area (Å²) >= 11 is 0. The second kappa shape index (κ2) is 3.66. The molecule has 0 aliphatic carbocycles. The van der Waals surface area contributed by atoms with Gasteiger partial charge < -0.3 is 21.7 Å². The highest BCUT2D eigenvalue weighted by Crippen LogP contribution is 2.11. The number of rotatable bonds is 4. The molecule has 66 valence electrons. The van der Waals surface area contributed by atoms with Crippen LogP contribution < -0.4 is 11.5 Å². The van der Waals surface area contributed by atoms with E-state index in [0.29, 0.717) is 0 Å². The van der Waals surface area contributed by atoms with Gasteiger partial charge in [-0.3, -0.25) is 4.79 Å². The van der Waals surface area contributed by atoms with E-state index in [1.54, 1.807) is 0 Å². The van der Waals surface area contributed by atoms with E-state index < -0.39 is 17.6 Å². The Morgan fingerprint density at radius 3 is 2.27 bits per heavy atom. The first-order valence-electron chi connectivity index (χ1n) is 3.35. The molecule has 0 aromatic rings. The van der Waals surface area contributed by atoms with Crippen molar-refractivity contribution in [2.45, 2.75) is 25.0 Å². The number of aliphatic hydroxyl groups excluding tert-OH is 1. The first-order chi connectivity index (χ1) is 4.95. The standard InChI is InChI=1S/C6H14N2O3/c1-4(9)6(8,2-3-7)5(10)11/h4,9H,2-3,7-8H2,1H3,(H,10,11). The lowest BCUT2D eigenvalue weighted by molar-refractivity contribution is -0.147. The average Bonchev–Trinajstić information content (AvgIpc) is 1.87. The first-order valence-corrected chi connectivity index (χ1v) is 3.35. The van der Waals surface area contributed by atoms with Crippen LogP contribution in [0.25, 0.3) is 0 Å². The van der Waals surface area contributed by atoms with Crippen molar-refractivity contribution in [3.8, 4) is 0 Å². The Kier molecular flexibility index (Phi) is 3.44. The molecular formula is C6H14N2O3. The number of carboxylic acid groups (broad SMARTS) is 1. The van der Waals surface area contributed by atoms with Crippen LogP contribution >= 0.6 is 0 Å². The van der Waals surface area contributed by atoms with E-state index in [2.05, 4.69) is 0 Å². The van der Waals surface area contributed by atoms with Gasteiger partial charge in [-0.15, -0.1) is 0 Å². The number of aliphatic hydroxyl groups is 1. The maximum Gasteiger partial charge on any atom is 0.326 e. The molecule has 0 radical (unpaired) electrons. The second-order valence-corrected chi connectivity index (χ2v) is 2.56. The number of nitrogens with two attached hydrogens (primary N) is 2. The van der Waals surface area contributed by atoms with E-state index >= 15 is 0 Å². The topological polar surface area (TPSA) is 110 Å². The van der Waals surface area contributed by atoms with Gasteiger partial charge in [-0.25, -0.2) is 0 Å². The minimum atomic E-state index is -1.60. The van der Waals surface area contributed by atoms with Crippen molar-refractivity contribution in [1.82, 2.24) is 0 Å². The van der Waals surface area contributed by atoms with Crippen molar-refractivity contribution in [1.29, 1.82) is 0 Å². The zero-order valence-electron chi connectivity index (χ0n) is 6.45. The van der Waals surface area contributed by atoms with Crippen LogP contribution in [0.4, 0.5) is 0 Å². The van der Waals surface area contributed by atoms with E-state index in [0.717, 1.165) is 0 Å². The summed E-state index contributed by atoms with van der Waals surface area (Å²) in [6.45, 7) is 1.48. The minimum Gasteiger partial charge on any atom is -0.480 e. The monoisotopic (exact) mass is 162 g/mol. The molecule has 0 aliphatic rings. The lowest BCUT2D eigenvalue weighted by Gasteiger charge is -2.26. The molecule has 2 atom stereocenters. The largest absolute Gasteiger partial charge is 0.480 e. The van der Waals surface area contributed by atoms with Gasteiger partial charge in [-0.2, -0.15) is 0 Å². The summed E-state index contributed by atoms with van der Waals surface area (Å²) in [7, 11) is 0. The Morgan fingerprint density at radius 1 is 1.73 bits per heavy atom. The van der Waals surface area contributed by atoms with Gasteiger partial charge in [0.25, 0.3) is 0 Å². The van der Waals surface area contributed by atoms with Crippen molar-refractivity contribution in [3.63, 3.8) is 0 Å². The third-order valence-corrected chi connectivity index (χ3v) is 1.70. The fourth-order valence-corrected chi connectivity index (χ4v) is 0.733. The molecule has 0 aromatic heterocycles. The fraction of sp³-hybridized carbons (Fsp3) is 0.833. The molecule has 6 N–H and O–H groups in total. The number of carbonyl (C=O) groups is 1. The zero-order valence-corrected chi connectivity index (χ0v) is 6.45. The van der Waals surface area contributed by atoms with Gasteiger partial charge in [-0.05, 0) is 19.9 Å². The summed E-state index contributed by atoms with van der Waals surface area (Å²) in [6.07, 6.45) is -1.02. The quantitative estimate of drug-likeness (QED) is 0.402. The third kappa shape index (κ3) is 2.14. The molecule has 0 bridgehead atoms. The van der Waals surface area contributed by atoms with Crippen LogP contribution in [0.3, 0.4) is 0 Å². The molecule has 0 rings (SSSR count). The van der Waals surface area contributed by atoms with Gasteiger partial charge in [0.2, 0.25) is 0 Å². The lowest BCUT2D eigenvalue weighted by Crippen LogP contribution is -2.57. The number of hydrogen-bond acceptors (Lipinski definition) is 4. The van der Waals surface area contributed by atoms with Crippen LogP contribution in [0.1, 0.15) is 13.3 Å². The van der Waals surface area contributed by atoms with Crippen LogP contribution in [-0.4, -0.2) is 34.4 Å². The molecule has 0 aromatic carbocycles. The van der Waals surface area contributed by atoms with Crippen LogP contribution in [0.15, 0.2) is 0 Å². The molecular weight excluding hydrogens is 148 g/mol. The molecule has 0 aliphatic heterocycles. The zero-order chi connectivity index (χ0) is 9.07. The molecule has 11 heavy (non-hydrogen) atoms. The van der Waals surface area contributed by atoms with Crippen LogP contribution in [0.5, 0.6) is 0 Å². The maximum atomic E-state index is 10.5. The molecule has 5 heteroatoms. The Morgan fingerprint density at radius 2 is 2.18 bits per heavy atom. The number of carboxylic acids is 1. The third-order valence-electron chi connectivity index (χ3n) is 1.70. The van der Waals surface area contributed by atoms with Crippen molar-refractivity contribution in [3.05, 3.63) is 0 Å². The molecule has 0 amide bonds. The summed E-state index contributed by atoms with van der Waals surface area (Å²) in [5.41, 5.74) is 8.90. The minimum absolute atomic E-state index is 0.0694. The molecule has 0 spiro atoms. The van der Waals surface area contributed by atoms with Crippen LogP contribution in [-0.2, 0) is 4.79 Å². The van der Waals surface area contributed by atoms with Gasteiger partial charge in [0.1, 0.15) is 5.54 Å². The highest BCUT2D eigenvalue weighted by molar-refractivity contribution is 5.79. The van der Waals surface area contributed by atoms with Gasteiger partial charge in [-0.1, -0.05) is 0 Å². The van der Waals surface area contributed by atoms with Gasteiger partial charge in [0, 0.05) is 0 Å². The van der Waals surface area contributed by atoms with Crippen molar-refractivity contribution >= 4 is 5.97 Å². The van der Waals surface area contributed by atoms with Crippen LogP contribution in [0.2, 0.25) is 0 Å². The summed E-state index contributed by atoms with van der Waals surface area (Å²) in [5.74, 6) is -1.22. The summed E-state index contributed by atoms with van der Waals surface area (Å²) < 4.78 is 0. The van der Waals surface area contributed by atoms with Crippen molar-refractivity contribution in [2.24, 2.45) is 11.5 Å².